The zero-order valence-corrected chi connectivity index (χ0v) is 10.8. The van der Waals surface area contributed by atoms with E-state index in [1.165, 1.54) is 7.11 Å². The molecule has 100 valence electrons. The largest absolute Gasteiger partial charge is 0.496 e. The topological polar surface area (TPSA) is 95.2 Å². The van der Waals surface area contributed by atoms with Crippen LogP contribution in [0.2, 0.25) is 0 Å². The molecule has 2 rings (SSSR count). The maximum absolute atomic E-state index is 11.8. The van der Waals surface area contributed by atoms with Gasteiger partial charge in [-0.3, -0.25) is 15.0 Å². The average Bonchev–Trinajstić information content (AvgIpc) is 2.70. The summed E-state index contributed by atoms with van der Waals surface area (Å²) in [5.74, 6) is -0.722. The molecular weight excluding hydrogens is 248 g/mol. The van der Waals surface area contributed by atoms with E-state index in [1.54, 1.807) is 6.07 Å². The molecule has 3 N–H and O–H groups in total. The number of hydrogen-bond acceptors (Lipinski definition) is 3. The lowest BCUT2D eigenvalue weighted by Crippen LogP contribution is -2.07. The summed E-state index contributed by atoms with van der Waals surface area (Å²) in [5, 5.41) is 13.8. The summed E-state index contributed by atoms with van der Waals surface area (Å²) >= 11 is 0. The molecule has 0 spiro atoms. The van der Waals surface area contributed by atoms with Crippen LogP contribution >= 0.6 is 0 Å². The number of rotatable bonds is 3. The minimum absolute atomic E-state index is 0.0850. The summed E-state index contributed by atoms with van der Waals surface area (Å²) in [6.07, 6.45) is 0. The number of carboxylic acid groups (broad SMARTS) is 1. The summed E-state index contributed by atoms with van der Waals surface area (Å²) in [6, 6.07) is 3.64. The fourth-order valence-electron chi connectivity index (χ4n) is 2.17. The van der Waals surface area contributed by atoms with Gasteiger partial charge in [0.15, 0.2) is 5.69 Å². The lowest BCUT2D eigenvalue weighted by Gasteiger charge is -2.11. The number of carbonyl (C=O) groups is 1. The number of methoxy groups -OCH3 is 1. The molecule has 1 aromatic carbocycles. The smallest absolute Gasteiger partial charge is 0.354 e. The van der Waals surface area contributed by atoms with Gasteiger partial charge in [0.1, 0.15) is 5.75 Å². The molecule has 0 aliphatic carbocycles. The molecule has 6 heteroatoms. The highest BCUT2D eigenvalue weighted by molar-refractivity contribution is 5.95. The van der Waals surface area contributed by atoms with E-state index in [-0.39, 0.29) is 11.3 Å². The van der Waals surface area contributed by atoms with Crippen molar-refractivity contribution in [2.75, 3.05) is 7.11 Å². The van der Waals surface area contributed by atoms with Gasteiger partial charge in [-0.1, -0.05) is 6.07 Å². The third kappa shape index (κ3) is 2.12. The first-order valence-corrected chi connectivity index (χ1v) is 5.65. The number of aromatic carboxylic acids is 1. The fourth-order valence-corrected chi connectivity index (χ4v) is 2.17. The highest BCUT2D eigenvalue weighted by Crippen LogP contribution is 2.33. The number of aryl methyl sites for hydroxylation is 2. The number of nitrogens with one attached hydrogen (secondary N) is 2. The van der Waals surface area contributed by atoms with E-state index in [9.17, 15) is 9.59 Å². The molecule has 0 fully saturated rings. The Morgan fingerprint density at radius 1 is 1.21 bits per heavy atom. The number of hydrogen-bond donors (Lipinski definition) is 3. The van der Waals surface area contributed by atoms with E-state index in [0.717, 1.165) is 11.1 Å². The van der Waals surface area contributed by atoms with Crippen molar-refractivity contribution < 1.29 is 14.6 Å². The molecule has 1 heterocycles. The number of ether oxygens (including phenoxy) is 1. The SMILES string of the molecule is COc1cc(C)cc(C)c1-c1c(C(=O)O)[nH][nH]c1=O. The highest BCUT2D eigenvalue weighted by Gasteiger charge is 2.22. The third-order valence-corrected chi connectivity index (χ3v) is 2.91. The Kier molecular flexibility index (Phi) is 3.16. The molecule has 1 aromatic heterocycles. The van der Waals surface area contributed by atoms with Crippen LogP contribution in [0.4, 0.5) is 0 Å². The van der Waals surface area contributed by atoms with Gasteiger partial charge in [0.2, 0.25) is 0 Å². The number of aromatic amines is 2. The quantitative estimate of drug-likeness (QED) is 0.784. The fraction of sp³-hybridized carbons (Fsp3) is 0.231. The average molecular weight is 262 g/mol. The summed E-state index contributed by atoms with van der Waals surface area (Å²) in [7, 11) is 1.49. The molecule has 19 heavy (non-hydrogen) atoms. The van der Waals surface area contributed by atoms with Gasteiger partial charge in [0.25, 0.3) is 5.56 Å². The lowest BCUT2D eigenvalue weighted by atomic mass is 9.97. The van der Waals surface area contributed by atoms with Gasteiger partial charge in [0, 0.05) is 5.56 Å². The summed E-state index contributed by atoms with van der Waals surface area (Å²) < 4.78 is 5.26. The normalized spacial score (nSPS) is 10.5. The molecule has 0 saturated heterocycles. The summed E-state index contributed by atoms with van der Waals surface area (Å²) in [5.41, 5.74) is 1.68. The maximum atomic E-state index is 11.8. The molecule has 0 radical (unpaired) electrons. The van der Waals surface area contributed by atoms with Crippen LogP contribution in [0, 0.1) is 13.8 Å². The van der Waals surface area contributed by atoms with E-state index in [1.807, 2.05) is 19.9 Å². The molecule has 0 aliphatic rings. The van der Waals surface area contributed by atoms with Gasteiger partial charge in [-0.25, -0.2) is 4.79 Å². The first kappa shape index (κ1) is 12.9. The van der Waals surface area contributed by atoms with Crippen molar-refractivity contribution in [2.45, 2.75) is 13.8 Å². The van der Waals surface area contributed by atoms with Crippen LogP contribution in [-0.2, 0) is 0 Å². The van der Waals surface area contributed by atoms with Crippen LogP contribution in [0.3, 0.4) is 0 Å². The molecule has 0 aliphatic heterocycles. The van der Waals surface area contributed by atoms with Gasteiger partial charge in [-0.2, -0.15) is 0 Å². The first-order chi connectivity index (χ1) is 8.95. The molecular formula is C13H14N2O4. The Morgan fingerprint density at radius 2 is 1.89 bits per heavy atom. The monoisotopic (exact) mass is 262 g/mol. The minimum Gasteiger partial charge on any atom is -0.496 e. The molecule has 2 aromatic rings. The van der Waals surface area contributed by atoms with Crippen molar-refractivity contribution in [1.82, 2.24) is 10.2 Å². The Balaban J connectivity index is 2.83. The van der Waals surface area contributed by atoms with Crippen LogP contribution in [0.25, 0.3) is 11.1 Å². The van der Waals surface area contributed by atoms with E-state index in [4.69, 9.17) is 9.84 Å². The molecule has 6 nitrogen and oxygen atoms in total. The zero-order valence-electron chi connectivity index (χ0n) is 10.8. The van der Waals surface area contributed by atoms with Gasteiger partial charge < -0.3 is 9.84 Å². The summed E-state index contributed by atoms with van der Waals surface area (Å²) in [6.45, 7) is 3.71. The second-order valence-corrected chi connectivity index (χ2v) is 4.29. The number of aromatic nitrogens is 2. The van der Waals surface area contributed by atoms with Crippen LogP contribution in [-0.4, -0.2) is 28.4 Å². The lowest BCUT2D eigenvalue weighted by molar-refractivity contribution is 0.0691. The van der Waals surface area contributed by atoms with Gasteiger partial charge in [-0.15, -0.1) is 0 Å². The van der Waals surface area contributed by atoms with E-state index in [0.29, 0.717) is 11.3 Å². The second-order valence-electron chi connectivity index (χ2n) is 4.29. The molecule has 0 unspecified atom stereocenters. The van der Waals surface area contributed by atoms with Crippen molar-refractivity contribution in [3.05, 3.63) is 39.3 Å². The van der Waals surface area contributed by atoms with Crippen LogP contribution in [0.15, 0.2) is 16.9 Å². The second kappa shape index (κ2) is 4.64. The van der Waals surface area contributed by atoms with Gasteiger partial charge in [-0.05, 0) is 31.0 Å². The Labute approximate surface area is 109 Å². The predicted octanol–water partition coefficient (Wildman–Crippen LogP) is 1.69. The van der Waals surface area contributed by atoms with Gasteiger partial charge in [0.05, 0.1) is 12.7 Å². The Bertz CT molecular complexity index is 697. The van der Waals surface area contributed by atoms with E-state index >= 15 is 0 Å². The van der Waals surface area contributed by atoms with Crippen molar-refractivity contribution in [3.8, 4) is 16.9 Å². The summed E-state index contributed by atoms with van der Waals surface area (Å²) in [4.78, 5) is 23.0. The van der Waals surface area contributed by atoms with E-state index < -0.39 is 11.5 Å². The minimum atomic E-state index is -1.20. The van der Waals surface area contributed by atoms with Crippen LogP contribution in [0.5, 0.6) is 5.75 Å². The van der Waals surface area contributed by atoms with Gasteiger partial charge >= 0.3 is 5.97 Å². The highest BCUT2D eigenvalue weighted by atomic mass is 16.5. The van der Waals surface area contributed by atoms with Crippen molar-refractivity contribution >= 4 is 5.97 Å². The van der Waals surface area contributed by atoms with Crippen LogP contribution < -0.4 is 10.3 Å². The molecule has 0 bridgehead atoms. The van der Waals surface area contributed by atoms with Crippen LogP contribution in [0.1, 0.15) is 21.6 Å². The zero-order chi connectivity index (χ0) is 14.2. The van der Waals surface area contributed by atoms with Crippen molar-refractivity contribution in [2.24, 2.45) is 0 Å². The maximum Gasteiger partial charge on any atom is 0.354 e. The van der Waals surface area contributed by atoms with E-state index in [2.05, 4.69) is 10.2 Å². The molecule has 0 saturated carbocycles. The standard InChI is InChI=1S/C13H14N2O4/c1-6-4-7(2)9(8(5-6)19-3)10-11(13(17)18)14-15-12(10)16/h4-5H,1-3H3,(H,17,18)(H2,14,15,16). The number of carboxylic acids is 1. The molecule has 0 amide bonds. The van der Waals surface area contributed by atoms with Crippen molar-refractivity contribution in [1.29, 1.82) is 0 Å². The Morgan fingerprint density at radius 3 is 2.47 bits per heavy atom. The first-order valence-electron chi connectivity index (χ1n) is 5.65. The molecule has 0 atom stereocenters. The number of benzene rings is 1. The Hall–Kier alpha value is -2.50. The van der Waals surface area contributed by atoms with Crippen molar-refractivity contribution in [3.63, 3.8) is 0 Å². The predicted molar refractivity (Wildman–Crippen MR) is 69.8 cm³/mol. The number of H-pyrrole nitrogens is 2. The third-order valence-electron chi connectivity index (χ3n) is 2.91.